The first-order valence-corrected chi connectivity index (χ1v) is 8.36. The molecule has 5 heteroatoms. The predicted octanol–water partition coefficient (Wildman–Crippen LogP) is 2.25. The number of aromatic nitrogens is 1. The minimum absolute atomic E-state index is 0.150. The quantitative estimate of drug-likeness (QED) is 0.904. The summed E-state index contributed by atoms with van der Waals surface area (Å²) in [6.07, 6.45) is 0.310. The number of ether oxygens (including phenoxy) is 1. The Bertz CT molecular complexity index is 413. The van der Waals surface area contributed by atoms with E-state index in [-0.39, 0.29) is 5.41 Å². The molecule has 114 valence electrons. The van der Waals surface area contributed by atoms with Gasteiger partial charge in [0.1, 0.15) is 0 Å². The molecule has 1 fully saturated rings. The Morgan fingerprint density at radius 1 is 1.50 bits per heavy atom. The molecular formula is C15H27N3OS. The number of hydrogen-bond acceptors (Lipinski definition) is 5. The van der Waals surface area contributed by atoms with Crippen LogP contribution in [0.25, 0.3) is 0 Å². The molecule has 0 radical (unpaired) electrons. The third kappa shape index (κ3) is 4.52. The van der Waals surface area contributed by atoms with Crippen LogP contribution in [0.5, 0.6) is 0 Å². The summed E-state index contributed by atoms with van der Waals surface area (Å²) in [5.74, 6) is 0. The maximum absolute atomic E-state index is 5.79. The molecule has 1 aliphatic rings. The SMILES string of the molecule is CCN1CCOC(CNCc2csc(C(C)(C)C)n2)C1. The van der Waals surface area contributed by atoms with E-state index in [2.05, 4.69) is 43.3 Å². The standard InChI is InChI=1S/C15H27N3OS/c1-5-18-6-7-19-13(10-18)9-16-8-12-11-20-14(17-12)15(2,3)4/h11,13,16H,5-10H2,1-4H3. The van der Waals surface area contributed by atoms with E-state index in [1.807, 2.05) is 0 Å². The fraction of sp³-hybridized carbons (Fsp3) is 0.800. The first-order chi connectivity index (χ1) is 9.49. The van der Waals surface area contributed by atoms with Crippen molar-refractivity contribution in [2.45, 2.75) is 45.8 Å². The molecular weight excluding hydrogens is 270 g/mol. The van der Waals surface area contributed by atoms with Gasteiger partial charge in [-0.15, -0.1) is 11.3 Å². The second-order valence-corrected chi connectivity index (χ2v) is 7.27. The van der Waals surface area contributed by atoms with E-state index in [4.69, 9.17) is 9.72 Å². The number of hydrogen-bond donors (Lipinski definition) is 1. The first-order valence-electron chi connectivity index (χ1n) is 7.48. The third-order valence-corrected chi connectivity index (χ3v) is 4.86. The molecule has 1 unspecified atom stereocenters. The number of nitrogens with one attached hydrogen (secondary N) is 1. The molecule has 0 bridgehead atoms. The van der Waals surface area contributed by atoms with Gasteiger partial charge in [-0.2, -0.15) is 0 Å². The van der Waals surface area contributed by atoms with Crippen LogP contribution in [0.1, 0.15) is 38.4 Å². The minimum Gasteiger partial charge on any atom is -0.374 e. The van der Waals surface area contributed by atoms with Crippen LogP contribution >= 0.6 is 11.3 Å². The van der Waals surface area contributed by atoms with Gasteiger partial charge in [-0.3, -0.25) is 4.90 Å². The molecule has 0 saturated carbocycles. The molecule has 0 spiro atoms. The van der Waals surface area contributed by atoms with Gasteiger partial charge in [-0.25, -0.2) is 4.98 Å². The van der Waals surface area contributed by atoms with E-state index in [1.165, 1.54) is 5.01 Å². The predicted molar refractivity (Wildman–Crippen MR) is 84.4 cm³/mol. The van der Waals surface area contributed by atoms with Crippen molar-refractivity contribution < 1.29 is 4.74 Å². The molecule has 0 aliphatic carbocycles. The van der Waals surface area contributed by atoms with E-state index >= 15 is 0 Å². The zero-order valence-electron chi connectivity index (χ0n) is 13.1. The fourth-order valence-corrected chi connectivity index (χ4v) is 3.19. The Hall–Kier alpha value is -0.490. The molecule has 0 amide bonds. The van der Waals surface area contributed by atoms with Crippen LogP contribution in [0.15, 0.2) is 5.38 Å². The van der Waals surface area contributed by atoms with Crippen LogP contribution in [-0.4, -0.2) is 48.8 Å². The van der Waals surface area contributed by atoms with Gasteiger partial charge in [0.2, 0.25) is 0 Å². The van der Waals surface area contributed by atoms with Crippen LogP contribution in [0, 0.1) is 0 Å². The maximum atomic E-state index is 5.79. The summed E-state index contributed by atoms with van der Waals surface area (Å²) in [4.78, 5) is 7.14. The van der Waals surface area contributed by atoms with Crippen molar-refractivity contribution in [2.24, 2.45) is 0 Å². The Balaban J connectivity index is 1.74. The molecule has 1 aromatic heterocycles. The second kappa shape index (κ2) is 6.98. The van der Waals surface area contributed by atoms with Gasteiger partial charge in [-0.05, 0) is 6.54 Å². The normalized spacial score (nSPS) is 21.3. The van der Waals surface area contributed by atoms with Crippen molar-refractivity contribution in [3.63, 3.8) is 0 Å². The molecule has 2 heterocycles. The maximum Gasteiger partial charge on any atom is 0.0982 e. The lowest BCUT2D eigenvalue weighted by Crippen LogP contribution is -2.46. The number of likely N-dealkylation sites (N-methyl/N-ethyl adjacent to an activating group) is 1. The summed E-state index contributed by atoms with van der Waals surface area (Å²) in [7, 11) is 0. The fourth-order valence-electron chi connectivity index (χ4n) is 2.29. The molecule has 1 aromatic rings. The molecule has 4 nitrogen and oxygen atoms in total. The topological polar surface area (TPSA) is 37.4 Å². The van der Waals surface area contributed by atoms with Crippen molar-refractivity contribution in [2.75, 3.05) is 32.8 Å². The highest BCUT2D eigenvalue weighted by atomic mass is 32.1. The summed E-state index contributed by atoms with van der Waals surface area (Å²) >= 11 is 1.76. The Kier molecular flexibility index (Phi) is 5.55. The van der Waals surface area contributed by atoms with E-state index in [0.717, 1.165) is 45.0 Å². The minimum atomic E-state index is 0.150. The van der Waals surface area contributed by atoms with Gasteiger partial charge in [0.05, 0.1) is 23.4 Å². The van der Waals surface area contributed by atoms with Gasteiger partial charge >= 0.3 is 0 Å². The summed E-state index contributed by atoms with van der Waals surface area (Å²) in [6, 6.07) is 0. The van der Waals surface area contributed by atoms with Gasteiger partial charge in [0.25, 0.3) is 0 Å². The van der Waals surface area contributed by atoms with Gasteiger partial charge < -0.3 is 10.1 Å². The van der Waals surface area contributed by atoms with Crippen LogP contribution in [-0.2, 0) is 16.7 Å². The lowest BCUT2D eigenvalue weighted by molar-refractivity contribution is -0.0254. The second-order valence-electron chi connectivity index (χ2n) is 6.41. The Labute approximate surface area is 126 Å². The highest BCUT2D eigenvalue weighted by Crippen LogP contribution is 2.25. The van der Waals surface area contributed by atoms with E-state index in [0.29, 0.717) is 6.10 Å². The smallest absolute Gasteiger partial charge is 0.0982 e. The Morgan fingerprint density at radius 3 is 2.95 bits per heavy atom. The van der Waals surface area contributed by atoms with E-state index in [9.17, 15) is 0 Å². The van der Waals surface area contributed by atoms with Crippen LogP contribution < -0.4 is 5.32 Å². The third-order valence-electron chi connectivity index (χ3n) is 3.54. The first kappa shape index (κ1) is 15.9. The zero-order chi connectivity index (χ0) is 14.6. The van der Waals surface area contributed by atoms with Crippen LogP contribution in [0.2, 0.25) is 0 Å². The molecule has 0 aromatic carbocycles. The zero-order valence-corrected chi connectivity index (χ0v) is 13.9. The van der Waals surface area contributed by atoms with Crippen molar-refractivity contribution in [3.8, 4) is 0 Å². The van der Waals surface area contributed by atoms with E-state index in [1.54, 1.807) is 11.3 Å². The molecule has 20 heavy (non-hydrogen) atoms. The largest absolute Gasteiger partial charge is 0.374 e. The highest BCUT2D eigenvalue weighted by Gasteiger charge is 2.20. The average molecular weight is 297 g/mol. The molecule has 1 saturated heterocycles. The van der Waals surface area contributed by atoms with Crippen molar-refractivity contribution >= 4 is 11.3 Å². The van der Waals surface area contributed by atoms with Crippen molar-refractivity contribution in [1.82, 2.24) is 15.2 Å². The number of nitrogens with zero attached hydrogens (tertiary/aromatic N) is 2. The van der Waals surface area contributed by atoms with Crippen LogP contribution in [0.4, 0.5) is 0 Å². The van der Waals surface area contributed by atoms with Crippen LogP contribution in [0.3, 0.4) is 0 Å². The van der Waals surface area contributed by atoms with Gasteiger partial charge in [-0.1, -0.05) is 27.7 Å². The van der Waals surface area contributed by atoms with Gasteiger partial charge in [0, 0.05) is 37.0 Å². The van der Waals surface area contributed by atoms with Gasteiger partial charge in [0.15, 0.2) is 0 Å². The van der Waals surface area contributed by atoms with E-state index < -0.39 is 0 Å². The van der Waals surface area contributed by atoms with Crippen molar-refractivity contribution in [1.29, 1.82) is 0 Å². The molecule has 1 N–H and O–H groups in total. The molecule has 1 atom stereocenters. The number of morpholine rings is 1. The van der Waals surface area contributed by atoms with Crippen molar-refractivity contribution in [3.05, 3.63) is 16.1 Å². The Morgan fingerprint density at radius 2 is 2.30 bits per heavy atom. The summed E-state index contributed by atoms with van der Waals surface area (Å²) in [5.41, 5.74) is 1.29. The summed E-state index contributed by atoms with van der Waals surface area (Å²) < 4.78 is 5.79. The average Bonchev–Trinajstić information content (AvgIpc) is 2.88. The summed E-state index contributed by atoms with van der Waals surface area (Å²) in [6.45, 7) is 14.6. The monoisotopic (exact) mass is 297 g/mol. The lowest BCUT2D eigenvalue weighted by Gasteiger charge is -2.32. The number of thiazole rings is 1. The molecule has 2 rings (SSSR count). The molecule has 1 aliphatic heterocycles. The summed E-state index contributed by atoms with van der Waals surface area (Å²) in [5, 5.41) is 6.84. The number of rotatable bonds is 5. The lowest BCUT2D eigenvalue weighted by atomic mass is 9.98. The highest BCUT2D eigenvalue weighted by molar-refractivity contribution is 7.09.